The highest BCUT2D eigenvalue weighted by molar-refractivity contribution is 6.06. The fourth-order valence-corrected chi connectivity index (χ4v) is 3.51. The van der Waals surface area contributed by atoms with E-state index in [4.69, 9.17) is 0 Å². The third-order valence-corrected chi connectivity index (χ3v) is 4.85. The molecule has 29 heavy (non-hydrogen) atoms. The number of amides is 1. The van der Waals surface area contributed by atoms with Crippen molar-refractivity contribution in [2.75, 3.05) is 5.32 Å². The Bertz CT molecular complexity index is 1250. The number of anilines is 1. The number of benzene rings is 2. The lowest BCUT2D eigenvalue weighted by Crippen LogP contribution is -2.15. The summed E-state index contributed by atoms with van der Waals surface area (Å²) < 4.78 is 41.1. The normalized spacial score (nSPS) is 16.1. The standard InChI is InChI=1S/C20H12F3N5O/c21-20(22,23)11-6-7-15-13(8-11)16(19(29)26-15)17-14-9-28(12-4-2-1-3-5-12)27-18(14)25-10-24-17/h1-10,16H,(H,26,29). The molecule has 0 radical (unpaired) electrons. The molecular formula is C20H12F3N5O. The second kappa shape index (κ2) is 6.13. The zero-order valence-corrected chi connectivity index (χ0v) is 14.7. The lowest BCUT2D eigenvalue weighted by atomic mass is 9.94. The number of nitrogens with one attached hydrogen (secondary N) is 1. The van der Waals surface area contributed by atoms with Crippen molar-refractivity contribution in [1.82, 2.24) is 19.7 Å². The van der Waals surface area contributed by atoms with Crippen molar-refractivity contribution < 1.29 is 18.0 Å². The number of aromatic nitrogens is 4. The fourth-order valence-electron chi connectivity index (χ4n) is 3.51. The van der Waals surface area contributed by atoms with E-state index in [9.17, 15) is 18.0 Å². The van der Waals surface area contributed by atoms with Crippen LogP contribution in [0.2, 0.25) is 0 Å². The van der Waals surface area contributed by atoms with Gasteiger partial charge in [-0.05, 0) is 35.9 Å². The highest BCUT2D eigenvalue weighted by atomic mass is 19.4. The van der Waals surface area contributed by atoms with Gasteiger partial charge in [0.25, 0.3) is 0 Å². The van der Waals surface area contributed by atoms with Gasteiger partial charge in [-0.3, -0.25) is 4.79 Å². The van der Waals surface area contributed by atoms with Gasteiger partial charge in [0.05, 0.1) is 22.3 Å². The zero-order valence-electron chi connectivity index (χ0n) is 14.7. The zero-order chi connectivity index (χ0) is 20.2. The number of rotatable bonds is 2. The molecule has 1 aliphatic heterocycles. The van der Waals surface area contributed by atoms with Crippen LogP contribution in [-0.2, 0) is 11.0 Å². The van der Waals surface area contributed by atoms with Gasteiger partial charge in [-0.15, -0.1) is 5.10 Å². The summed E-state index contributed by atoms with van der Waals surface area (Å²) in [4.78, 5) is 21.0. The summed E-state index contributed by atoms with van der Waals surface area (Å²) in [5.41, 5.74) is 1.21. The summed E-state index contributed by atoms with van der Waals surface area (Å²) in [5, 5.41) is 7.54. The molecule has 0 aliphatic carbocycles. The number of fused-ring (bicyclic) bond motifs is 2. The Morgan fingerprint density at radius 3 is 2.59 bits per heavy atom. The maximum atomic E-state index is 13.2. The molecule has 1 N–H and O–H groups in total. The average Bonchev–Trinajstić information content (AvgIpc) is 3.27. The number of hydrogen-bond acceptors (Lipinski definition) is 4. The van der Waals surface area contributed by atoms with E-state index in [2.05, 4.69) is 20.4 Å². The molecule has 0 bridgehead atoms. The summed E-state index contributed by atoms with van der Waals surface area (Å²) in [6.45, 7) is 0. The molecular weight excluding hydrogens is 383 g/mol. The van der Waals surface area contributed by atoms with Crippen molar-refractivity contribution >= 4 is 22.6 Å². The number of nitrogens with zero attached hydrogens (tertiary/aromatic N) is 4. The van der Waals surface area contributed by atoms with Crippen molar-refractivity contribution in [3.05, 3.63) is 77.9 Å². The molecule has 0 saturated carbocycles. The van der Waals surface area contributed by atoms with Gasteiger partial charge < -0.3 is 5.32 Å². The van der Waals surface area contributed by atoms with Gasteiger partial charge in [0, 0.05) is 11.9 Å². The Kier molecular flexibility index (Phi) is 3.67. The third kappa shape index (κ3) is 2.82. The lowest BCUT2D eigenvalue weighted by molar-refractivity contribution is -0.137. The van der Waals surface area contributed by atoms with Gasteiger partial charge in [-0.2, -0.15) is 13.2 Å². The van der Waals surface area contributed by atoms with Gasteiger partial charge in [0.2, 0.25) is 5.91 Å². The molecule has 3 heterocycles. The van der Waals surface area contributed by atoms with Crippen LogP contribution in [0.1, 0.15) is 22.7 Å². The van der Waals surface area contributed by atoms with E-state index < -0.39 is 23.6 Å². The number of hydrogen-bond donors (Lipinski definition) is 1. The summed E-state index contributed by atoms with van der Waals surface area (Å²) >= 11 is 0. The smallest absolute Gasteiger partial charge is 0.325 e. The summed E-state index contributed by atoms with van der Waals surface area (Å²) in [5.74, 6) is -1.42. The summed E-state index contributed by atoms with van der Waals surface area (Å²) in [6, 6.07) is 12.5. The van der Waals surface area contributed by atoms with Crippen LogP contribution < -0.4 is 5.32 Å². The predicted octanol–water partition coefficient (Wildman–Crippen LogP) is 3.92. The molecule has 0 fully saturated rings. The number of alkyl halides is 3. The number of carbonyl (C=O) groups is 1. The SMILES string of the molecule is O=C1Nc2ccc(C(F)(F)F)cc2C1c1ncnc2nn(-c3ccccc3)cc12. The van der Waals surface area contributed by atoms with Crippen molar-refractivity contribution in [2.24, 2.45) is 0 Å². The number of halogens is 3. The fraction of sp³-hybridized carbons (Fsp3) is 0.100. The minimum absolute atomic E-state index is 0.234. The molecule has 1 aliphatic rings. The van der Waals surface area contributed by atoms with Crippen LogP contribution in [0, 0.1) is 0 Å². The molecule has 2 aromatic carbocycles. The van der Waals surface area contributed by atoms with Crippen molar-refractivity contribution in [1.29, 1.82) is 0 Å². The Morgan fingerprint density at radius 1 is 1.03 bits per heavy atom. The molecule has 4 aromatic rings. The van der Waals surface area contributed by atoms with Crippen molar-refractivity contribution in [3.63, 3.8) is 0 Å². The van der Waals surface area contributed by atoms with Crippen LogP contribution in [0.25, 0.3) is 16.7 Å². The van der Waals surface area contributed by atoms with Crippen LogP contribution in [0.4, 0.5) is 18.9 Å². The Balaban J connectivity index is 1.67. The second-order valence-corrected chi connectivity index (χ2v) is 6.63. The Labute approximate surface area is 162 Å². The van der Waals surface area contributed by atoms with Crippen molar-refractivity contribution in [2.45, 2.75) is 12.1 Å². The van der Waals surface area contributed by atoms with E-state index in [0.29, 0.717) is 22.4 Å². The van der Waals surface area contributed by atoms with E-state index in [-0.39, 0.29) is 5.56 Å². The molecule has 0 spiro atoms. The lowest BCUT2D eigenvalue weighted by Gasteiger charge is -2.12. The molecule has 144 valence electrons. The molecule has 1 amide bonds. The molecule has 9 heteroatoms. The molecule has 6 nitrogen and oxygen atoms in total. The number of para-hydroxylation sites is 1. The monoisotopic (exact) mass is 395 g/mol. The molecule has 1 unspecified atom stereocenters. The van der Waals surface area contributed by atoms with E-state index in [0.717, 1.165) is 17.8 Å². The number of carbonyl (C=O) groups excluding carboxylic acids is 1. The van der Waals surface area contributed by atoms with Crippen LogP contribution in [0.5, 0.6) is 0 Å². The van der Waals surface area contributed by atoms with Crippen LogP contribution in [0.15, 0.2) is 61.1 Å². The van der Waals surface area contributed by atoms with Gasteiger partial charge in [0.15, 0.2) is 5.65 Å². The minimum atomic E-state index is -4.51. The van der Waals surface area contributed by atoms with Crippen LogP contribution in [0.3, 0.4) is 0 Å². The minimum Gasteiger partial charge on any atom is -0.325 e. The highest BCUT2D eigenvalue weighted by Crippen LogP contribution is 2.41. The first-order valence-electron chi connectivity index (χ1n) is 8.69. The van der Waals surface area contributed by atoms with E-state index >= 15 is 0 Å². The molecule has 2 aromatic heterocycles. The molecule has 5 rings (SSSR count). The maximum Gasteiger partial charge on any atom is 0.416 e. The average molecular weight is 395 g/mol. The first kappa shape index (κ1) is 17.4. The van der Waals surface area contributed by atoms with Crippen molar-refractivity contribution in [3.8, 4) is 5.69 Å². The predicted molar refractivity (Wildman–Crippen MR) is 98.6 cm³/mol. The van der Waals surface area contributed by atoms with E-state index in [1.807, 2.05) is 30.3 Å². The Morgan fingerprint density at radius 2 is 1.83 bits per heavy atom. The Hall–Kier alpha value is -3.75. The van der Waals surface area contributed by atoms with Gasteiger partial charge in [-0.1, -0.05) is 18.2 Å². The second-order valence-electron chi connectivity index (χ2n) is 6.63. The maximum absolute atomic E-state index is 13.2. The summed E-state index contributed by atoms with van der Waals surface area (Å²) in [6.07, 6.45) is -1.57. The first-order chi connectivity index (χ1) is 13.9. The van der Waals surface area contributed by atoms with Crippen LogP contribution >= 0.6 is 0 Å². The molecule has 0 saturated heterocycles. The van der Waals surface area contributed by atoms with Gasteiger partial charge in [-0.25, -0.2) is 14.6 Å². The molecule has 1 atom stereocenters. The largest absolute Gasteiger partial charge is 0.416 e. The third-order valence-electron chi connectivity index (χ3n) is 4.85. The van der Waals surface area contributed by atoms with E-state index in [1.165, 1.54) is 12.4 Å². The van der Waals surface area contributed by atoms with Gasteiger partial charge in [0.1, 0.15) is 12.2 Å². The topological polar surface area (TPSA) is 72.7 Å². The highest BCUT2D eigenvalue weighted by Gasteiger charge is 2.38. The first-order valence-corrected chi connectivity index (χ1v) is 8.69. The quantitative estimate of drug-likeness (QED) is 0.558. The van der Waals surface area contributed by atoms with Crippen LogP contribution in [-0.4, -0.2) is 25.7 Å². The summed E-state index contributed by atoms with van der Waals surface area (Å²) in [7, 11) is 0. The van der Waals surface area contributed by atoms with Gasteiger partial charge >= 0.3 is 6.18 Å². The van der Waals surface area contributed by atoms with E-state index in [1.54, 1.807) is 10.9 Å².